The van der Waals surface area contributed by atoms with Crippen LogP contribution in [0.3, 0.4) is 0 Å². The Labute approximate surface area is 64.8 Å². The molecule has 0 saturated heterocycles. The van der Waals surface area contributed by atoms with Crippen molar-refractivity contribution >= 4 is 0 Å². The Morgan fingerprint density at radius 1 is 1.73 bits per heavy atom. The van der Waals surface area contributed by atoms with Gasteiger partial charge in [0.05, 0.1) is 4.92 Å². The highest BCUT2D eigenvalue weighted by molar-refractivity contribution is 4.69. The Morgan fingerprint density at radius 2 is 2.18 bits per heavy atom. The van der Waals surface area contributed by atoms with Gasteiger partial charge >= 0.3 is 5.72 Å². The van der Waals surface area contributed by atoms with Crippen molar-refractivity contribution in [3.63, 3.8) is 0 Å². The summed E-state index contributed by atoms with van der Waals surface area (Å²) in [6, 6.07) is 0. The fraction of sp³-hybridized carbons (Fsp3) is 1.00. The van der Waals surface area contributed by atoms with Crippen LogP contribution in [0.2, 0.25) is 0 Å². The molecule has 0 aliphatic rings. The van der Waals surface area contributed by atoms with Crippen molar-refractivity contribution in [2.45, 2.75) is 38.5 Å². The molecule has 66 valence electrons. The van der Waals surface area contributed by atoms with Gasteiger partial charge in [0.1, 0.15) is 0 Å². The lowest BCUT2D eigenvalue weighted by Gasteiger charge is -2.19. The number of hydrogen-bond acceptors (Lipinski definition) is 4. The van der Waals surface area contributed by atoms with E-state index in [0.717, 1.165) is 6.92 Å². The summed E-state index contributed by atoms with van der Waals surface area (Å²) in [4.78, 5) is 9.25. The van der Waals surface area contributed by atoms with Gasteiger partial charge in [-0.3, -0.25) is 10.1 Å². The lowest BCUT2D eigenvalue weighted by atomic mass is 10.1. The first-order valence-corrected chi connectivity index (χ1v) is 3.47. The molecule has 5 nitrogen and oxygen atoms in total. The molecule has 0 aromatic heterocycles. The van der Waals surface area contributed by atoms with E-state index < -0.39 is 16.8 Å². The smallest absolute Gasteiger partial charge is 0.345 e. The molecule has 0 radical (unpaired) electrons. The normalized spacial score (nSPS) is 18.9. The van der Waals surface area contributed by atoms with Gasteiger partial charge in [-0.15, -0.1) is 0 Å². The second kappa shape index (κ2) is 3.64. The van der Waals surface area contributed by atoms with Crippen molar-refractivity contribution in [1.29, 1.82) is 0 Å². The zero-order valence-electron chi connectivity index (χ0n) is 6.65. The standard InChI is InChI=1S/C6H13NO4/c1-3-4-5(8)6(2,9)7(10)11/h5,8-9H,3-4H2,1-2H3. The largest absolute Gasteiger partial charge is 0.383 e. The van der Waals surface area contributed by atoms with Gasteiger partial charge in [0.2, 0.25) is 0 Å². The van der Waals surface area contributed by atoms with Crippen LogP contribution in [0.15, 0.2) is 0 Å². The molecular formula is C6H13NO4. The molecule has 11 heavy (non-hydrogen) atoms. The molecule has 0 fully saturated rings. The van der Waals surface area contributed by atoms with Gasteiger partial charge in [-0.1, -0.05) is 13.3 Å². The molecular weight excluding hydrogens is 150 g/mol. The molecule has 0 bridgehead atoms. The molecule has 0 aliphatic carbocycles. The topological polar surface area (TPSA) is 83.6 Å². The summed E-state index contributed by atoms with van der Waals surface area (Å²) in [5, 5.41) is 28.2. The first kappa shape index (κ1) is 10.3. The maximum Gasteiger partial charge on any atom is 0.345 e. The average molecular weight is 163 g/mol. The van der Waals surface area contributed by atoms with Crippen molar-refractivity contribution in [2.24, 2.45) is 0 Å². The number of aliphatic hydroxyl groups is 2. The van der Waals surface area contributed by atoms with Crippen LogP contribution in [-0.2, 0) is 0 Å². The lowest BCUT2D eigenvalue weighted by molar-refractivity contribution is -0.632. The van der Waals surface area contributed by atoms with E-state index in [1.807, 2.05) is 0 Å². The Morgan fingerprint density at radius 3 is 2.45 bits per heavy atom. The van der Waals surface area contributed by atoms with Gasteiger partial charge in [0.25, 0.3) is 0 Å². The highest BCUT2D eigenvalue weighted by Gasteiger charge is 2.41. The molecule has 0 aliphatic heterocycles. The molecule has 0 aromatic carbocycles. The Bertz CT molecular complexity index is 146. The van der Waals surface area contributed by atoms with Crippen molar-refractivity contribution in [1.82, 2.24) is 0 Å². The average Bonchev–Trinajstić information content (AvgIpc) is 1.88. The van der Waals surface area contributed by atoms with E-state index in [1.54, 1.807) is 6.92 Å². The fourth-order valence-electron chi connectivity index (χ4n) is 0.669. The number of rotatable bonds is 4. The minimum absolute atomic E-state index is 0.230. The minimum atomic E-state index is -2.21. The third-order valence-corrected chi connectivity index (χ3v) is 1.56. The Hall–Kier alpha value is -0.680. The molecule has 0 heterocycles. The van der Waals surface area contributed by atoms with Crippen LogP contribution in [0, 0.1) is 10.1 Å². The molecule has 0 amide bonds. The van der Waals surface area contributed by atoms with Crippen molar-refractivity contribution in [3.05, 3.63) is 10.1 Å². The van der Waals surface area contributed by atoms with Gasteiger partial charge in [-0.05, 0) is 6.42 Å². The first-order chi connectivity index (χ1) is 4.92. The van der Waals surface area contributed by atoms with Gasteiger partial charge in [-0.25, -0.2) is 0 Å². The van der Waals surface area contributed by atoms with Crippen molar-refractivity contribution in [3.8, 4) is 0 Å². The van der Waals surface area contributed by atoms with Gasteiger partial charge < -0.3 is 10.2 Å². The zero-order chi connectivity index (χ0) is 9.07. The summed E-state index contributed by atoms with van der Waals surface area (Å²) in [5.74, 6) is 0. The van der Waals surface area contributed by atoms with E-state index in [9.17, 15) is 10.1 Å². The zero-order valence-corrected chi connectivity index (χ0v) is 6.65. The van der Waals surface area contributed by atoms with Crippen LogP contribution in [0.25, 0.3) is 0 Å². The highest BCUT2D eigenvalue weighted by atomic mass is 16.7. The molecule has 0 saturated carbocycles. The fourth-order valence-corrected chi connectivity index (χ4v) is 0.669. The van der Waals surface area contributed by atoms with Gasteiger partial charge in [0, 0.05) is 6.92 Å². The molecule has 0 aromatic rings. The van der Waals surface area contributed by atoms with E-state index in [1.165, 1.54) is 0 Å². The number of aliphatic hydroxyl groups excluding tert-OH is 1. The van der Waals surface area contributed by atoms with Crippen molar-refractivity contribution < 1.29 is 15.1 Å². The van der Waals surface area contributed by atoms with Crippen LogP contribution < -0.4 is 0 Å². The van der Waals surface area contributed by atoms with Crippen LogP contribution in [0.4, 0.5) is 0 Å². The van der Waals surface area contributed by atoms with E-state index >= 15 is 0 Å². The summed E-state index contributed by atoms with van der Waals surface area (Å²) in [6.45, 7) is 2.77. The number of hydrogen-bond donors (Lipinski definition) is 2. The SMILES string of the molecule is CCCC(O)C(C)(O)[N+](=O)[O-]. The highest BCUT2D eigenvalue weighted by Crippen LogP contribution is 2.14. The van der Waals surface area contributed by atoms with Crippen molar-refractivity contribution in [2.75, 3.05) is 0 Å². The summed E-state index contributed by atoms with van der Waals surface area (Å²) in [6.07, 6.45) is -0.457. The maximum atomic E-state index is 10.1. The van der Waals surface area contributed by atoms with E-state index in [0.29, 0.717) is 6.42 Å². The summed E-state index contributed by atoms with van der Waals surface area (Å²) in [5.41, 5.74) is -2.21. The molecule has 5 heteroatoms. The molecule has 0 spiro atoms. The second-order valence-electron chi connectivity index (χ2n) is 2.66. The van der Waals surface area contributed by atoms with E-state index in [4.69, 9.17) is 10.2 Å². The van der Waals surface area contributed by atoms with E-state index in [2.05, 4.69) is 0 Å². The molecule has 2 atom stereocenters. The quantitative estimate of drug-likeness (QED) is 0.350. The molecule has 0 rings (SSSR count). The predicted molar refractivity (Wildman–Crippen MR) is 38.5 cm³/mol. The third-order valence-electron chi connectivity index (χ3n) is 1.56. The summed E-state index contributed by atoms with van der Waals surface area (Å²) >= 11 is 0. The monoisotopic (exact) mass is 163 g/mol. The van der Waals surface area contributed by atoms with Gasteiger partial charge in [0.15, 0.2) is 6.10 Å². The lowest BCUT2D eigenvalue weighted by Crippen LogP contribution is -2.46. The Kier molecular flexibility index (Phi) is 3.41. The number of nitrogens with zero attached hydrogens (tertiary/aromatic N) is 1. The molecule has 2 N–H and O–H groups in total. The van der Waals surface area contributed by atoms with Gasteiger partial charge in [-0.2, -0.15) is 0 Å². The second-order valence-corrected chi connectivity index (χ2v) is 2.66. The maximum absolute atomic E-state index is 10.1. The summed E-state index contributed by atoms with van der Waals surface area (Å²) in [7, 11) is 0. The Balaban J connectivity index is 4.17. The molecule has 2 unspecified atom stereocenters. The summed E-state index contributed by atoms with van der Waals surface area (Å²) < 4.78 is 0. The van der Waals surface area contributed by atoms with Crippen LogP contribution in [0.5, 0.6) is 0 Å². The van der Waals surface area contributed by atoms with E-state index in [-0.39, 0.29) is 6.42 Å². The third kappa shape index (κ3) is 2.44. The first-order valence-electron chi connectivity index (χ1n) is 3.47. The van der Waals surface area contributed by atoms with Crippen LogP contribution in [-0.4, -0.2) is 27.0 Å². The number of nitro groups is 1. The van der Waals surface area contributed by atoms with Crippen LogP contribution >= 0.6 is 0 Å². The minimum Gasteiger partial charge on any atom is -0.383 e. The predicted octanol–water partition coefficient (Wildman–Crippen LogP) is 0.133. The van der Waals surface area contributed by atoms with Crippen LogP contribution in [0.1, 0.15) is 26.7 Å².